The highest BCUT2D eigenvalue weighted by molar-refractivity contribution is 6.21. The first-order chi connectivity index (χ1) is 15.0. The maximum absolute atomic E-state index is 12.8. The molecule has 31 heavy (non-hydrogen) atoms. The number of amides is 4. The summed E-state index contributed by atoms with van der Waals surface area (Å²) in [7, 11) is 3.19. The van der Waals surface area contributed by atoms with Crippen LogP contribution in [0.15, 0.2) is 42.5 Å². The van der Waals surface area contributed by atoms with Crippen LogP contribution in [-0.4, -0.2) is 49.6 Å². The number of ether oxygens (including phenoxy) is 2. The van der Waals surface area contributed by atoms with Crippen LogP contribution in [0.4, 0.5) is 10.5 Å². The summed E-state index contributed by atoms with van der Waals surface area (Å²) in [6, 6.07) is 11.5. The van der Waals surface area contributed by atoms with Crippen molar-refractivity contribution >= 4 is 23.5 Å². The van der Waals surface area contributed by atoms with Gasteiger partial charge in [0.2, 0.25) is 5.91 Å². The second-order valence-electron chi connectivity index (χ2n) is 7.59. The fraction of sp³-hybridized carbons (Fsp3) is 0.348. The summed E-state index contributed by atoms with van der Waals surface area (Å²) in [5.74, 6) is 0.945. The summed E-state index contributed by atoms with van der Waals surface area (Å²) in [5.41, 5.74) is 2.69. The first-order valence-corrected chi connectivity index (χ1v) is 10.2. The van der Waals surface area contributed by atoms with Crippen molar-refractivity contribution in [2.24, 2.45) is 0 Å². The summed E-state index contributed by atoms with van der Waals surface area (Å²) in [6.07, 6.45) is 1.17. The van der Waals surface area contributed by atoms with E-state index in [2.05, 4.69) is 5.32 Å². The number of hydrogen-bond donors (Lipinski definition) is 1. The minimum atomic E-state index is -0.696. The first-order valence-electron chi connectivity index (χ1n) is 10.2. The lowest BCUT2D eigenvalue weighted by atomic mass is 9.98. The van der Waals surface area contributed by atoms with E-state index in [4.69, 9.17) is 9.47 Å². The second-order valence-corrected chi connectivity index (χ2v) is 7.59. The van der Waals surface area contributed by atoms with E-state index in [0.29, 0.717) is 30.3 Å². The van der Waals surface area contributed by atoms with Gasteiger partial charge in [0.15, 0.2) is 11.5 Å². The van der Waals surface area contributed by atoms with Crippen LogP contribution < -0.4 is 19.7 Å². The Labute approximate surface area is 180 Å². The van der Waals surface area contributed by atoms with Gasteiger partial charge in [-0.2, -0.15) is 0 Å². The van der Waals surface area contributed by atoms with Crippen molar-refractivity contribution < 1.29 is 23.9 Å². The molecule has 0 radical (unpaired) electrons. The topological polar surface area (TPSA) is 88.2 Å². The number of fused-ring (bicyclic) bond motifs is 1. The van der Waals surface area contributed by atoms with E-state index >= 15 is 0 Å². The minimum absolute atomic E-state index is 0.0411. The molecule has 1 unspecified atom stereocenters. The van der Waals surface area contributed by atoms with Crippen molar-refractivity contribution in [3.8, 4) is 11.5 Å². The third-order valence-electron chi connectivity index (χ3n) is 5.75. The van der Waals surface area contributed by atoms with Gasteiger partial charge >= 0.3 is 6.03 Å². The van der Waals surface area contributed by atoms with E-state index in [0.717, 1.165) is 22.4 Å². The van der Waals surface area contributed by atoms with Crippen LogP contribution in [0.2, 0.25) is 0 Å². The molecule has 4 amide bonds. The van der Waals surface area contributed by atoms with Crippen molar-refractivity contribution in [3.05, 3.63) is 53.6 Å². The van der Waals surface area contributed by atoms with E-state index in [1.165, 1.54) is 0 Å². The second kappa shape index (κ2) is 8.67. The van der Waals surface area contributed by atoms with Gasteiger partial charge in [0, 0.05) is 19.5 Å². The summed E-state index contributed by atoms with van der Waals surface area (Å²) in [5, 5.41) is 2.69. The maximum Gasteiger partial charge on any atom is 0.329 e. The Balaban J connectivity index is 1.38. The Bertz CT molecular complexity index is 1010. The molecule has 2 aliphatic rings. The molecule has 2 aliphatic heterocycles. The molecule has 162 valence electrons. The Morgan fingerprint density at radius 3 is 2.42 bits per heavy atom. The molecule has 0 saturated carbocycles. The van der Waals surface area contributed by atoms with Gasteiger partial charge in [-0.3, -0.25) is 9.59 Å². The van der Waals surface area contributed by atoms with Crippen LogP contribution in [-0.2, 0) is 22.6 Å². The Morgan fingerprint density at radius 2 is 1.74 bits per heavy atom. The number of hydrogen-bond acceptors (Lipinski definition) is 5. The number of methoxy groups -OCH3 is 2. The quantitative estimate of drug-likeness (QED) is 0.722. The van der Waals surface area contributed by atoms with Gasteiger partial charge in [0.05, 0.1) is 19.9 Å². The molecule has 8 nitrogen and oxygen atoms in total. The number of para-hydroxylation sites is 1. The average Bonchev–Trinajstić information content (AvgIpc) is 3.09. The van der Waals surface area contributed by atoms with E-state index in [9.17, 15) is 14.4 Å². The lowest BCUT2D eigenvalue weighted by Gasteiger charge is -2.30. The Hall–Kier alpha value is -3.55. The third kappa shape index (κ3) is 4.05. The van der Waals surface area contributed by atoms with Gasteiger partial charge in [-0.15, -0.1) is 0 Å². The van der Waals surface area contributed by atoms with Crippen LogP contribution in [0.1, 0.15) is 24.0 Å². The predicted molar refractivity (Wildman–Crippen MR) is 114 cm³/mol. The molecule has 2 aromatic carbocycles. The molecular formula is C23H25N3O5. The monoisotopic (exact) mass is 423 g/mol. The number of anilines is 1. The van der Waals surface area contributed by atoms with Crippen LogP contribution in [0.5, 0.6) is 11.5 Å². The van der Waals surface area contributed by atoms with Gasteiger partial charge in [0.25, 0.3) is 5.91 Å². The summed E-state index contributed by atoms with van der Waals surface area (Å²) < 4.78 is 10.7. The van der Waals surface area contributed by atoms with Crippen molar-refractivity contribution in [1.82, 2.24) is 10.2 Å². The molecule has 1 N–H and O–H groups in total. The van der Waals surface area contributed by atoms with Crippen LogP contribution in [0.3, 0.4) is 0 Å². The van der Waals surface area contributed by atoms with E-state index in [-0.39, 0.29) is 24.7 Å². The van der Waals surface area contributed by atoms with E-state index in [1.54, 1.807) is 43.4 Å². The normalized spacial score (nSPS) is 17.9. The largest absolute Gasteiger partial charge is 0.493 e. The number of carbonyl (C=O) groups excluding carboxylic acids is 3. The van der Waals surface area contributed by atoms with Crippen LogP contribution in [0, 0.1) is 0 Å². The summed E-state index contributed by atoms with van der Waals surface area (Å²) in [6.45, 7) is 1.08. The molecular weight excluding hydrogens is 398 g/mol. The summed E-state index contributed by atoms with van der Waals surface area (Å²) >= 11 is 0. The average molecular weight is 423 g/mol. The molecule has 2 heterocycles. The fourth-order valence-electron chi connectivity index (χ4n) is 4.07. The number of nitrogens with zero attached hydrogens (tertiary/aromatic N) is 2. The van der Waals surface area contributed by atoms with Gasteiger partial charge in [-0.25, -0.2) is 9.69 Å². The molecule has 1 atom stereocenters. The lowest BCUT2D eigenvalue weighted by molar-refractivity contribution is -0.132. The predicted octanol–water partition coefficient (Wildman–Crippen LogP) is 2.49. The lowest BCUT2D eigenvalue weighted by Crippen LogP contribution is -2.37. The Morgan fingerprint density at radius 1 is 1.06 bits per heavy atom. The van der Waals surface area contributed by atoms with Crippen molar-refractivity contribution in [1.29, 1.82) is 0 Å². The van der Waals surface area contributed by atoms with E-state index < -0.39 is 12.1 Å². The van der Waals surface area contributed by atoms with Crippen molar-refractivity contribution in [2.75, 3.05) is 25.7 Å². The number of carbonyl (C=O) groups is 3. The van der Waals surface area contributed by atoms with E-state index in [1.807, 2.05) is 18.2 Å². The van der Waals surface area contributed by atoms with Crippen LogP contribution in [0.25, 0.3) is 0 Å². The SMILES string of the molecule is COc1cc2c(cc1OC)CN(C(=O)CCC1NC(=O)N(c3ccccc3)C1=O)CC2. The zero-order valence-corrected chi connectivity index (χ0v) is 17.6. The molecule has 0 bridgehead atoms. The molecule has 4 rings (SSSR count). The summed E-state index contributed by atoms with van der Waals surface area (Å²) in [4.78, 5) is 40.7. The number of imide groups is 1. The van der Waals surface area contributed by atoms with Crippen molar-refractivity contribution in [3.63, 3.8) is 0 Å². The minimum Gasteiger partial charge on any atom is -0.493 e. The first kappa shape index (κ1) is 20.7. The zero-order chi connectivity index (χ0) is 22.0. The number of nitrogens with one attached hydrogen (secondary N) is 1. The number of benzene rings is 2. The molecule has 0 aromatic heterocycles. The van der Waals surface area contributed by atoms with Gasteiger partial charge in [-0.1, -0.05) is 18.2 Å². The van der Waals surface area contributed by atoms with Gasteiger partial charge < -0.3 is 19.7 Å². The highest BCUT2D eigenvalue weighted by atomic mass is 16.5. The number of rotatable bonds is 6. The molecule has 2 aromatic rings. The highest BCUT2D eigenvalue weighted by Gasteiger charge is 2.39. The maximum atomic E-state index is 12.8. The number of urea groups is 1. The molecule has 1 saturated heterocycles. The molecule has 0 aliphatic carbocycles. The fourth-order valence-corrected chi connectivity index (χ4v) is 4.07. The van der Waals surface area contributed by atoms with Crippen molar-refractivity contribution in [2.45, 2.75) is 31.8 Å². The molecule has 0 spiro atoms. The van der Waals surface area contributed by atoms with Crippen LogP contribution >= 0.6 is 0 Å². The van der Waals surface area contributed by atoms with Gasteiger partial charge in [0.1, 0.15) is 6.04 Å². The standard InChI is InChI=1S/C23H25N3O5/c1-30-19-12-15-10-11-25(14-16(15)13-20(19)31-2)21(27)9-8-18-22(28)26(23(29)24-18)17-6-4-3-5-7-17/h3-7,12-13,18H,8-11,14H2,1-2H3,(H,24,29). The zero-order valence-electron chi connectivity index (χ0n) is 17.6. The van der Waals surface area contributed by atoms with Gasteiger partial charge in [-0.05, 0) is 48.2 Å². The highest BCUT2D eigenvalue weighted by Crippen LogP contribution is 2.33. The Kier molecular flexibility index (Phi) is 5.79. The molecule has 8 heteroatoms. The smallest absolute Gasteiger partial charge is 0.329 e. The molecule has 1 fully saturated rings. The third-order valence-corrected chi connectivity index (χ3v) is 5.75.